The molecule has 0 saturated carbocycles. The van der Waals surface area contributed by atoms with Crippen molar-refractivity contribution in [2.24, 2.45) is 5.16 Å². The number of oxime groups is 1. The van der Waals surface area contributed by atoms with Gasteiger partial charge in [-0.05, 0) is 30.7 Å². The Bertz CT molecular complexity index is 816. The van der Waals surface area contributed by atoms with Crippen molar-refractivity contribution < 1.29 is 19.2 Å². The van der Waals surface area contributed by atoms with Gasteiger partial charge in [0.1, 0.15) is 5.75 Å². The maximum Gasteiger partial charge on any atom is 0.261 e. The van der Waals surface area contributed by atoms with Crippen LogP contribution in [0.5, 0.6) is 5.75 Å². The predicted molar refractivity (Wildman–Crippen MR) is 104 cm³/mol. The second-order valence-corrected chi connectivity index (χ2v) is 5.80. The van der Waals surface area contributed by atoms with E-state index in [0.717, 1.165) is 16.9 Å². The van der Waals surface area contributed by atoms with Crippen LogP contribution in [0.15, 0.2) is 53.7 Å². The number of amides is 2. The Labute approximate surface area is 158 Å². The number of carbonyl (C=O) groups is 2. The number of para-hydroxylation sites is 1. The standard InChI is InChI=1S/C20H23N3O4/c1-14(16-8-10-18(11-9-16)22-15(2)24)23-27-13-20(25)21-12-17-6-4-5-7-19(17)26-3/h4-11H,12-13H2,1-3H3,(H,21,25)(H,22,24)/b23-14+. The molecule has 0 heterocycles. The Balaban J connectivity index is 1.81. The van der Waals surface area contributed by atoms with Crippen LogP contribution < -0.4 is 15.4 Å². The number of anilines is 1. The summed E-state index contributed by atoms with van der Waals surface area (Å²) >= 11 is 0. The van der Waals surface area contributed by atoms with Gasteiger partial charge in [-0.1, -0.05) is 35.5 Å². The molecule has 7 nitrogen and oxygen atoms in total. The normalized spacial score (nSPS) is 10.9. The van der Waals surface area contributed by atoms with Crippen LogP contribution in [-0.4, -0.2) is 31.2 Å². The van der Waals surface area contributed by atoms with E-state index >= 15 is 0 Å². The van der Waals surface area contributed by atoms with E-state index in [-0.39, 0.29) is 18.4 Å². The number of hydrogen-bond acceptors (Lipinski definition) is 5. The fourth-order valence-corrected chi connectivity index (χ4v) is 2.33. The lowest BCUT2D eigenvalue weighted by molar-refractivity contribution is -0.125. The van der Waals surface area contributed by atoms with Gasteiger partial charge in [0, 0.05) is 24.7 Å². The van der Waals surface area contributed by atoms with Crippen LogP contribution in [0.1, 0.15) is 25.0 Å². The van der Waals surface area contributed by atoms with Gasteiger partial charge in [-0.25, -0.2) is 0 Å². The molecular formula is C20H23N3O4. The smallest absolute Gasteiger partial charge is 0.261 e. The molecule has 0 atom stereocenters. The molecule has 142 valence electrons. The lowest BCUT2D eigenvalue weighted by Crippen LogP contribution is -2.26. The molecule has 0 bridgehead atoms. The van der Waals surface area contributed by atoms with Crippen LogP contribution in [-0.2, 0) is 21.0 Å². The highest BCUT2D eigenvalue weighted by atomic mass is 16.6. The molecule has 0 radical (unpaired) electrons. The van der Waals surface area contributed by atoms with Gasteiger partial charge in [0.05, 0.1) is 12.8 Å². The highest BCUT2D eigenvalue weighted by molar-refractivity contribution is 5.99. The van der Waals surface area contributed by atoms with Crippen molar-refractivity contribution in [1.82, 2.24) is 5.32 Å². The third-order valence-corrected chi connectivity index (χ3v) is 3.69. The van der Waals surface area contributed by atoms with E-state index in [0.29, 0.717) is 17.9 Å². The number of nitrogens with one attached hydrogen (secondary N) is 2. The lowest BCUT2D eigenvalue weighted by Gasteiger charge is -2.09. The van der Waals surface area contributed by atoms with Gasteiger partial charge in [-0.3, -0.25) is 9.59 Å². The fourth-order valence-electron chi connectivity index (χ4n) is 2.33. The second-order valence-electron chi connectivity index (χ2n) is 5.80. The van der Waals surface area contributed by atoms with Gasteiger partial charge in [0.2, 0.25) is 5.91 Å². The van der Waals surface area contributed by atoms with E-state index in [1.807, 2.05) is 36.4 Å². The minimum absolute atomic E-state index is 0.129. The minimum atomic E-state index is -0.279. The summed E-state index contributed by atoms with van der Waals surface area (Å²) in [5.74, 6) is 0.310. The molecule has 2 aromatic carbocycles. The zero-order valence-electron chi connectivity index (χ0n) is 15.6. The van der Waals surface area contributed by atoms with Crippen molar-refractivity contribution in [1.29, 1.82) is 0 Å². The van der Waals surface area contributed by atoms with Crippen LogP contribution in [0.25, 0.3) is 0 Å². The number of ether oxygens (including phenoxy) is 1. The monoisotopic (exact) mass is 369 g/mol. The first kappa shape index (κ1) is 20.0. The van der Waals surface area contributed by atoms with Crippen molar-refractivity contribution in [3.05, 3.63) is 59.7 Å². The molecule has 0 unspecified atom stereocenters. The summed E-state index contributed by atoms with van der Waals surface area (Å²) in [5.41, 5.74) is 3.04. The topological polar surface area (TPSA) is 89.0 Å². The zero-order chi connectivity index (χ0) is 19.6. The first-order valence-electron chi connectivity index (χ1n) is 8.42. The maximum absolute atomic E-state index is 11.9. The van der Waals surface area contributed by atoms with Crippen molar-refractivity contribution in [2.45, 2.75) is 20.4 Å². The molecular weight excluding hydrogens is 346 g/mol. The largest absolute Gasteiger partial charge is 0.496 e. The van der Waals surface area contributed by atoms with Crippen LogP contribution in [0, 0.1) is 0 Å². The summed E-state index contributed by atoms with van der Waals surface area (Å²) in [7, 11) is 1.59. The van der Waals surface area contributed by atoms with Crippen molar-refractivity contribution >= 4 is 23.2 Å². The summed E-state index contributed by atoms with van der Waals surface area (Å²) in [4.78, 5) is 28.0. The molecule has 2 rings (SSSR count). The third kappa shape index (κ3) is 6.47. The molecule has 0 spiro atoms. The van der Waals surface area contributed by atoms with E-state index in [9.17, 15) is 9.59 Å². The van der Waals surface area contributed by atoms with Crippen LogP contribution in [0.4, 0.5) is 5.69 Å². The Morgan fingerprint density at radius 3 is 2.41 bits per heavy atom. The molecule has 0 fully saturated rings. The van der Waals surface area contributed by atoms with E-state index in [4.69, 9.17) is 9.57 Å². The lowest BCUT2D eigenvalue weighted by atomic mass is 10.1. The van der Waals surface area contributed by atoms with E-state index in [1.54, 1.807) is 26.2 Å². The van der Waals surface area contributed by atoms with E-state index in [1.165, 1.54) is 6.92 Å². The summed E-state index contributed by atoms with van der Waals surface area (Å²) in [6.07, 6.45) is 0. The number of benzene rings is 2. The molecule has 2 amide bonds. The minimum Gasteiger partial charge on any atom is -0.496 e. The molecule has 7 heteroatoms. The molecule has 0 aliphatic carbocycles. The zero-order valence-corrected chi connectivity index (χ0v) is 15.6. The molecule has 0 saturated heterocycles. The van der Waals surface area contributed by atoms with Crippen LogP contribution in [0.3, 0.4) is 0 Å². The van der Waals surface area contributed by atoms with E-state index < -0.39 is 0 Å². The average Bonchev–Trinajstić information content (AvgIpc) is 2.66. The molecule has 27 heavy (non-hydrogen) atoms. The summed E-state index contributed by atoms with van der Waals surface area (Å²) < 4.78 is 5.24. The first-order valence-corrected chi connectivity index (χ1v) is 8.42. The quantitative estimate of drug-likeness (QED) is 0.553. The summed E-state index contributed by atoms with van der Waals surface area (Å²) in [6.45, 7) is 3.39. The Morgan fingerprint density at radius 1 is 1.04 bits per heavy atom. The van der Waals surface area contributed by atoms with Gasteiger partial charge in [-0.2, -0.15) is 0 Å². The van der Waals surface area contributed by atoms with Crippen LogP contribution in [0.2, 0.25) is 0 Å². The van der Waals surface area contributed by atoms with Gasteiger partial charge in [-0.15, -0.1) is 0 Å². The average molecular weight is 369 g/mol. The Morgan fingerprint density at radius 2 is 1.74 bits per heavy atom. The third-order valence-electron chi connectivity index (χ3n) is 3.69. The van der Waals surface area contributed by atoms with Gasteiger partial charge in [0.15, 0.2) is 6.61 Å². The highest BCUT2D eigenvalue weighted by Crippen LogP contribution is 2.16. The van der Waals surface area contributed by atoms with Crippen molar-refractivity contribution in [2.75, 3.05) is 19.0 Å². The van der Waals surface area contributed by atoms with Crippen molar-refractivity contribution in [3.63, 3.8) is 0 Å². The van der Waals surface area contributed by atoms with Gasteiger partial charge < -0.3 is 20.2 Å². The molecule has 2 N–H and O–H groups in total. The van der Waals surface area contributed by atoms with Gasteiger partial charge >= 0.3 is 0 Å². The summed E-state index contributed by atoms with van der Waals surface area (Å²) in [6, 6.07) is 14.6. The molecule has 2 aromatic rings. The number of methoxy groups -OCH3 is 1. The SMILES string of the molecule is COc1ccccc1CNC(=O)CO/N=C(\C)c1ccc(NC(C)=O)cc1. The van der Waals surface area contributed by atoms with Crippen molar-refractivity contribution in [3.8, 4) is 5.75 Å². The van der Waals surface area contributed by atoms with Gasteiger partial charge in [0.25, 0.3) is 5.91 Å². The number of hydrogen-bond donors (Lipinski definition) is 2. The fraction of sp³-hybridized carbons (Fsp3) is 0.250. The van der Waals surface area contributed by atoms with E-state index in [2.05, 4.69) is 15.8 Å². The first-order chi connectivity index (χ1) is 13.0. The number of rotatable bonds is 8. The Hall–Kier alpha value is -3.35. The molecule has 0 aliphatic heterocycles. The number of carbonyl (C=O) groups excluding carboxylic acids is 2. The Kier molecular flexibility index (Phi) is 7.37. The second kappa shape index (κ2) is 9.96. The molecule has 0 aliphatic rings. The van der Waals surface area contributed by atoms with Crippen LogP contribution >= 0.6 is 0 Å². The predicted octanol–water partition coefficient (Wildman–Crippen LogP) is 2.71. The number of nitrogens with zero attached hydrogens (tertiary/aromatic N) is 1. The molecule has 0 aromatic heterocycles. The summed E-state index contributed by atoms with van der Waals surface area (Å²) in [5, 5.41) is 9.41. The maximum atomic E-state index is 11.9. The highest BCUT2D eigenvalue weighted by Gasteiger charge is 2.06.